The summed E-state index contributed by atoms with van der Waals surface area (Å²) in [4.78, 5) is 14.7. The normalized spacial score (nSPS) is 14.6. The van der Waals surface area contributed by atoms with Gasteiger partial charge in [-0.2, -0.15) is 0 Å². The van der Waals surface area contributed by atoms with Crippen molar-refractivity contribution in [1.29, 1.82) is 0 Å². The molecule has 11 heteroatoms. The van der Waals surface area contributed by atoms with E-state index in [2.05, 4.69) is 16.3 Å². The summed E-state index contributed by atoms with van der Waals surface area (Å²) in [5, 5.41) is 2.87. The third-order valence-corrected chi connectivity index (χ3v) is 8.76. The Labute approximate surface area is 239 Å². The molecule has 0 aliphatic rings. The predicted octanol–water partition coefficient (Wildman–Crippen LogP) is 6.95. The number of rotatable bonds is 17. The molecular weight excluding hydrogens is 550 g/mol. The first kappa shape index (κ1) is 35.0. The van der Waals surface area contributed by atoms with Crippen molar-refractivity contribution in [2.75, 3.05) is 61.8 Å². The second-order valence-electron chi connectivity index (χ2n) is 10.1. The summed E-state index contributed by atoms with van der Waals surface area (Å²) in [6.07, 6.45) is -0.0951. The molecular formula is C27H47Cl2N2O6P. The van der Waals surface area contributed by atoms with Gasteiger partial charge in [-0.15, -0.1) is 23.2 Å². The predicted molar refractivity (Wildman–Crippen MR) is 158 cm³/mol. The second-order valence-corrected chi connectivity index (χ2v) is 13.7. The Morgan fingerprint density at radius 1 is 1.05 bits per heavy atom. The minimum atomic E-state index is -3.29. The van der Waals surface area contributed by atoms with Crippen molar-refractivity contribution in [3.05, 3.63) is 29.3 Å². The average Bonchev–Trinajstić information content (AvgIpc) is 2.81. The highest BCUT2D eigenvalue weighted by molar-refractivity contribution is 7.59. The number of anilines is 1. The number of aryl methyl sites for hydroxylation is 1. The van der Waals surface area contributed by atoms with E-state index in [1.807, 2.05) is 39.8 Å². The van der Waals surface area contributed by atoms with Gasteiger partial charge >= 0.3 is 6.09 Å². The van der Waals surface area contributed by atoms with E-state index >= 15 is 0 Å². The molecule has 220 valence electrons. The van der Waals surface area contributed by atoms with Crippen LogP contribution in [0.3, 0.4) is 0 Å². The number of alkyl carbamates (subject to hydrolysis) is 1. The molecule has 0 heterocycles. The molecule has 0 radical (unpaired) electrons. The maximum absolute atomic E-state index is 14.2. The van der Waals surface area contributed by atoms with Crippen LogP contribution in [0, 0.1) is 6.92 Å². The zero-order chi connectivity index (χ0) is 29.0. The summed E-state index contributed by atoms with van der Waals surface area (Å²) < 4.78 is 37.1. The zero-order valence-electron chi connectivity index (χ0n) is 24.3. The number of hydrogen-bond acceptors (Lipinski definition) is 7. The van der Waals surface area contributed by atoms with Gasteiger partial charge in [0.2, 0.25) is 7.37 Å². The van der Waals surface area contributed by atoms with E-state index < -0.39 is 25.0 Å². The SMILES string of the molecule is CCOC(C)(OCC)OP(=O)(CC)CC(CNC(=O)OC(C)(C)C)c1cc(N(CCCl)CCCl)ccc1C. The summed E-state index contributed by atoms with van der Waals surface area (Å²) in [5.41, 5.74) is 2.26. The zero-order valence-corrected chi connectivity index (χ0v) is 26.7. The van der Waals surface area contributed by atoms with Crippen LogP contribution in [-0.2, 0) is 23.3 Å². The maximum Gasteiger partial charge on any atom is 0.407 e. The Bertz CT molecular complexity index is 900. The smallest absolute Gasteiger partial charge is 0.407 e. The van der Waals surface area contributed by atoms with Gasteiger partial charge in [0.15, 0.2) is 0 Å². The molecule has 1 aromatic carbocycles. The minimum absolute atomic E-state index is 0.171. The Hall–Kier alpha value is -1.02. The highest BCUT2D eigenvalue weighted by atomic mass is 35.5. The van der Waals surface area contributed by atoms with Crippen molar-refractivity contribution in [2.24, 2.45) is 0 Å². The van der Waals surface area contributed by atoms with Crippen LogP contribution in [0.4, 0.5) is 10.5 Å². The lowest BCUT2D eigenvalue weighted by atomic mass is 9.95. The molecule has 1 N–H and O–H groups in total. The molecule has 0 aromatic heterocycles. The molecule has 8 nitrogen and oxygen atoms in total. The second kappa shape index (κ2) is 16.3. The standard InChI is InChI=1S/C27H47Cl2N2O6P/c1-9-34-27(8,35-10-2)37-38(33,11-3)20-22(19-30-25(32)36-26(5,6)7)24-18-23(13-12-21(24)4)31(16-14-28)17-15-29/h12-13,18,22H,9-11,14-17,19-20H2,1-8H3,(H,30,32). The molecule has 0 bridgehead atoms. The Kier molecular flexibility index (Phi) is 15.0. The Balaban J connectivity index is 3.45. The number of halogens is 2. The molecule has 0 saturated heterocycles. The quantitative estimate of drug-likeness (QED) is 0.118. The number of nitrogens with one attached hydrogen (secondary N) is 1. The number of nitrogens with zero attached hydrogens (tertiary/aromatic N) is 1. The molecule has 0 aliphatic heterocycles. The van der Waals surface area contributed by atoms with Crippen molar-refractivity contribution >= 4 is 42.4 Å². The van der Waals surface area contributed by atoms with Crippen LogP contribution in [0.5, 0.6) is 0 Å². The van der Waals surface area contributed by atoms with Gasteiger partial charge in [0.25, 0.3) is 5.97 Å². The van der Waals surface area contributed by atoms with E-state index in [4.69, 9.17) is 41.9 Å². The summed E-state index contributed by atoms with van der Waals surface area (Å²) in [7, 11) is -3.29. The summed E-state index contributed by atoms with van der Waals surface area (Å²) in [6, 6.07) is 6.09. The van der Waals surface area contributed by atoms with Gasteiger partial charge in [0.1, 0.15) is 5.60 Å². The number of carbonyl (C=O) groups excluding carboxylic acids is 1. The first-order valence-electron chi connectivity index (χ1n) is 13.3. The maximum atomic E-state index is 14.2. The number of benzene rings is 1. The van der Waals surface area contributed by atoms with Gasteiger partial charge < -0.3 is 24.4 Å². The number of carbonyl (C=O) groups is 1. The summed E-state index contributed by atoms with van der Waals surface area (Å²) in [5.74, 6) is -0.867. The molecule has 0 aliphatic carbocycles. The van der Waals surface area contributed by atoms with Crippen LogP contribution in [0.1, 0.15) is 65.5 Å². The van der Waals surface area contributed by atoms with E-state index in [9.17, 15) is 9.36 Å². The molecule has 0 saturated carbocycles. The van der Waals surface area contributed by atoms with Crippen LogP contribution in [0.2, 0.25) is 0 Å². The molecule has 0 fully saturated rings. The highest BCUT2D eigenvalue weighted by Gasteiger charge is 2.38. The summed E-state index contributed by atoms with van der Waals surface area (Å²) in [6.45, 7) is 16.7. The lowest BCUT2D eigenvalue weighted by molar-refractivity contribution is -0.328. The van der Waals surface area contributed by atoms with Crippen molar-refractivity contribution in [3.8, 4) is 0 Å². The fourth-order valence-electron chi connectivity index (χ4n) is 4.12. The average molecular weight is 598 g/mol. The molecule has 2 atom stereocenters. The van der Waals surface area contributed by atoms with Gasteiger partial charge in [-0.3, -0.25) is 9.09 Å². The van der Waals surface area contributed by atoms with Crippen LogP contribution in [-0.4, -0.2) is 74.6 Å². The molecule has 0 spiro atoms. The lowest BCUT2D eigenvalue weighted by Crippen LogP contribution is -2.37. The van der Waals surface area contributed by atoms with Gasteiger partial charge in [-0.05, 0) is 64.8 Å². The van der Waals surface area contributed by atoms with E-state index in [0.29, 0.717) is 38.1 Å². The lowest BCUT2D eigenvalue weighted by Gasteiger charge is -2.34. The molecule has 38 heavy (non-hydrogen) atoms. The third kappa shape index (κ3) is 12.0. The molecule has 1 aromatic rings. The minimum Gasteiger partial charge on any atom is -0.444 e. The van der Waals surface area contributed by atoms with Crippen LogP contribution < -0.4 is 10.2 Å². The Morgan fingerprint density at radius 3 is 2.11 bits per heavy atom. The fraction of sp³-hybridized carbons (Fsp3) is 0.741. The Morgan fingerprint density at radius 2 is 1.63 bits per heavy atom. The van der Waals surface area contributed by atoms with Crippen molar-refractivity contribution in [2.45, 2.75) is 72.9 Å². The highest BCUT2D eigenvalue weighted by Crippen LogP contribution is 2.53. The van der Waals surface area contributed by atoms with Crippen LogP contribution >= 0.6 is 30.6 Å². The molecule has 1 rings (SSSR count). The van der Waals surface area contributed by atoms with Gasteiger partial charge in [-0.25, -0.2) is 4.79 Å². The van der Waals surface area contributed by atoms with Crippen molar-refractivity contribution in [3.63, 3.8) is 0 Å². The van der Waals surface area contributed by atoms with E-state index in [1.54, 1.807) is 27.7 Å². The fourth-order valence-corrected chi connectivity index (χ4v) is 6.70. The van der Waals surface area contributed by atoms with E-state index in [1.165, 1.54) is 0 Å². The third-order valence-electron chi connectivity index (χ3n) is 5.79. The van der Waals surface area contributed by atoms with Gasteiger partial charge in [0.05, 0.1) is 0 Å². The first-order chi connectivity index (χ1) is 17.7. The van der Waals surface area contributed by atoms with Gasteiger partial charge in [0, 0.05) is 75.5 Å². The number of hydrogen-bond donors (Lipinski definition) is 1. The number of ether oxygens (including phenoxy) is 3. The number of amides is 1. The molecule has 1 amide bonds. The van der Waals surface area contributed by atoms with Crippen LogP contribution in [0.25, 0.3) is 0 Å². The van der Waals surface area contributed by atoms with Gasteiger partial charge in [-0.1, -0.05) is 13.0 Å². The topological polar surface area (TPSA) is 86.3 Å². The van der Waals surface area contributed by atoms with Crippen LogP contribution in [0.15, 0.2) is 18.2 Å². The largest absolute Gasteiger partial charge is 0.444 e. The first-order valence-corrected chi connectivity index (χ1v) is 16.3. The number of alkyl halides is 2. The van der Waals surface area contributed by atoms with E-state index in [-0.39, 0.29) is 24.8 Å². The van der Waals surface area contributed by atoms with E-state index in [0.717, 1.165) is 16.8 Å². The van der Waals surface area contributed by atoms with Crippen molar-refractivity contribution in [1.82, 2.24) is 5.32 Å². The molecule has 2 unspecified atom stereocenters. The summed E-state index contributed by atoms with van der Waals surface area (Å²) >= 11 is 12.1. The monoisotopic (exact) mass is 596 g/mol. The van der Waals surface area contributed by atoms with Crippen molar-refractivity contribution < 1.29 is 28.1 Å².